The molecule has 0 atom stereocenters. The first-order valence-corrected chi connectivity index (χ1v) is 7.52. The molecule has 2 aromatic rings. The van der Waals surface area contributed by atoms with Gasteiger partial charge in [-0.25, -0.2) is 0 Å². The van der Waals surface area contributed by atoms with Gasteiger partial charge < -0.3 is 5.32 Å². The van der Waals surface area contributed by atoms with Crippen LogP contribution in [0.25, 0.3) is 0 Å². The molecule has 0 amide bonds. The number of halogens is 1. The van der Waals surface area contributed by atoms with Gasteiger partial charge in [-0.2, -0.15) is 5.10 Å². The molecular weight excluding hydrogens is 270 g/mol. The SMILES string of the molecule is CCn1nc(C)c(Cl)c1CC1(c2ccccc2)CNC1. The summed E-state index contributed by atoms with van der Waals surface area (Å²) in [5, 5.41) is 8.77. The Labute approximate surface area is 124 Å². The fourth-order valence-electron chi connectivity index (χ4n) is 3.01. The Morgan fingerprint density at radius 1 is 1.30 bits per heavy atom. The number of hydrogen-bond donors (Lipinski definition) is 1. The Morgan fingerprint density at radius 2 is 2.00 bits per heavy atom. The molecule has 2 heterocycles. The summed E-state index contributed by atoms with van der Waals surface area (Å²) >= 11 is 6.46. The molecule has 1 N–H and O–H groups in total. The van der Waals surface area contributed by atoms with Crippen LogP contribution < -0.4 is 5.32 Å². The maximum atomic E-state index is 6.46. The summed E-state index contributed by atoms with van der Waals surface area (Å²) in [6, 6.07) is 10.7. The normalized spacial score (nSPS) is 16.9. The highest BCUT2D eigenvalue weighted by atomic mass is 35.5. The van der Waals surface area contributed by atoms with Crippen molar-refractivity contribution in [1.82, 2.24) is 15.1 Å². The van der Waals surface area contributed by atoms with Crippen LogP contribution in [-0.2, 0) is 18.4 Å². The third-order valence-corrected chi connectivity index (χ3v) is 4.76. The van der Waals surface area contributed by atoms with Crippen LogP contribution in [0.15, 0.2) is 30.3 Å². The lowest BCUT2D eigenvalue weighted by Gasteiger charge is -2.43. The summed E-state index contributed by atoms with van der Waals surface area (Å²) in [5.41, 5.74) is 3.64. The van der Waals surface area contributed by atoms with Crippen molar-refractivity contribution in [2.45, 2.75) is 32.2 Å². The van der Waals surface area contributed by atoms with Crippen molar-refractivity contribution < 1.29 is 0 Å². The van der Waals surface area contributed by atoms with Gasteiger partial charge in [-0.1, -0.05) is 41.9 Å². The van der Waals surface area contributed by atoms with E-state index in [2.05, 4.69) is 47.7 Å². The third-order valence-electron chi connectivity index (χ3n) is 4.27. The second-order valence-corrected chi connectivity index (χ2v) is 5.97. The number of aromatic nitrogens is 2. The van der Waals surface area contributed by atoms with Crippen molar-refractivity contribution in [3.05, 3.63) is 52.3 Å². The van der Waals surface area contributed by atoms with Crippen LogP contribution in [0, 0.1) is 6.92 Å². The molecule has 0 spiro atoms. The monoisotopic (exact) mass is 289 g/mol. The van der Waals surface area contributed by atoms with Gasteiger partial charge in [0.05, 0.1) is 16.4 Å². The zero-order chi connectivity index (χ0) is 14.2. The first kappa shape index (κ1) is 13.7. The Morgan fingerprint density at radius 3 is 2.55 bits per heavy atom. The van der Waals surface area contributed by atoms with E-state index in [0.29, 0.717) is 0 Å². The molecule has 1 fully saturated rings. The average Bonchev–Trinajstić information content (AvgIpc) is 2.71. The van der Waals surface area contributed by atoms with Crippen LogP contribution in [0.2, 0.25) is 5.02 Å². The van der Waals surface area contributed by atoms with Gasteiger partial charge in [0.1, 0.15) is 0 Å². The molecule has 3 nitrogen and oxygen atoms in total. The summed E-state index contributed by atoms with van der Waals surface area (Å²) in [6.45, 7) is 6.95. The number of hydrogen-bond acceptors (Lipinski definition) is 2. The molecule has 4 heteroatoms. The number of rotatable bonds is 4. The topological polar surface area (TPSA) is 29.9 Å². The van der Waals surface area contributed by atoms with Gasteiger partial charge in [-0.3, -0.25) is 4.68 Å². The van der Waals surface area contributed by atoms with E-state index in [4.69, 9.17) is 11.6 Å². The number of nitrogens with one attached hydrogen (secondary N) is 1. The summed E-state index contributed by atoms with van der Waals surface area (Å²) in [6.07, 6.45) is 0.942. The van der Waals surface area contributed by atoms with Crippen molar-refractivity contribution in [2.24, 2.45) is 0 Å². The van der Waals surface area contributed by atoms with E-state index in [-0.39, 0.29) is 5.41 Å². The molecule has 0 aliphatic carbocycles. The molecule has 1 aromatic heterocycles. The van der Waals surface area contributed by atoms with E-state index in [1.54, 1.807) is 0 Å². The standard InChI is InChI=1S/C16H20ClN3/c1-3-20-14(15(17)12(2)19-20)9-16(10-18-11-16)13-7-5-4-6-8-13/h4-8,18H,3,9-11H2,1-2H3. The summed E-state index contributed by atoms with van der Waals surface area (Å²) in [7, 11) is 0. The fourth-order valence-corrected chi connectivity index (χ4v) is 3.21. The van der Waals surface area contributed by atoms with Crippen molar-refractivity contribution in [3.63, 3.8) is 0 Å². The number of aryl methyl sites for hydroxylation is 2. The molecule has 20 heavy (non-hydrogen) atoms. The van der Waals surface area contributed by atoms with Gasteiger partial charge in [0.25, 0.3) is 0 Å². The van der Waals surface area contributed by atoms with Crippen molar-refractivity contribution in [1.29, 1.82) is 0 Å². The first-order valence-electron chi connectivity index (χ1n) is 7.14. The Kier molecular flexibility index (Phi) is 3.57. The van der Waals surface area contributed by atoms with Crippen LogP contribution >= 0.6 is 11.6 Å². The summed E-state index contributed by atoms with van der Waals surface area (Å²) in [5.74, 6) is 0. The Balaban J connectivity index is 1.97. The lowest BCUT2D eigenvalue weighted by molar-refractivity contribution is 0.269. The maximum absolute atomic E-state index is 6.46. The lowest BCUT2D eigenvalue weighted by atomic mass is 9.72. The predicted octanol–water partition coefficient (Wildman–Crippen LogP) is 2.95. The molecule has 3 rings (SSSR count). The van der Waals surface area contributed by atoms with Gasteiger partial charge >= 0.3 is 0 Å². The summed E-state index contributed by atoms with van der Waals surface area (Å²) < 4.78 is 2.04. The zero-order valence-corrected chi connectivity index (χ0v) is 12.7. The van der Waals surface area contributed by atoms with Gasteiger partial charge in [-0.05, 0) is 19.4 Å². The quantitative estimate of drug-likeness (QED) is 0.938. The minimum atomic E-state index is 0.157. The second kappa shape index (κ2) is 5.23. The third kappa shape index (κ3) is 2.15. The van der Waals surface area contributed by atoms with Crippen LogP contribution in [0.5, 0.6) is 0 Å². The van der Waals surface area contributed by atoms with Crippen LogP contribution in [0.3, 0.4) is 0 Å². The highest BCUT2D eigenvalue weighted by molar-refractivity contribution is 6.31. The molecule has 0 radical (unpaired) electrons. The van der Waals surface area contributed by atoms with E-state index < -0.39 is 0 Å². The van der Waals surface area contributed by atoms with E-state index in [1.165, 1.54) is 5.56 Å². The summed E-state index contributed by atoms with van der Waals surface area (Å²) in [4.78, 5) is 0. The van der Waals surface area contributed by atoms with E-state index in [1.807, 2.05) is 11.6 Å². The van der Waals surface area contributed by atoms with E-state index in [9.17, 15) is 0 Å². The van der Waals surface area contributed by atoms with Gasteiger partial charge in [0, 0.05) is 31.5 Å². The van der Waals surface area contributed by atoms with Crippen molar-refractivity contribution >= 4 is 11.6 Å². The van der Waals surface area contributed by atoms with Crippen LogP contribution in [0.1, 0.15) is 23.9 Å². The van der Waals surface area contributed by atoms with E-state index >= 15 is 0 Å². The van der Waals surface area contributed by atoms with Gasteiger partial charge in [0.15, 0.2) is 0 Å². The second-order valence-electron chi connectivity index (χ2n) is 5.59. The predicted molar refractivity (Wildman–Crippen MR) is 82.3 cm³/mol. The minimum Gasteiger partial charge on any atom is -0.315 e. The molecule has 0 unspecified atom stereocenters. The minimum absolute atomic E-state index is 0.157. The average molecular weight is 290 g/mol. The molecule has 1 aliphatic rings. The molecule has 1 saturated heterocycles. The number of benzene rings is 1. The molecule has 0 bridgehead atoms. The number of nitrogens with zero attached hydrogens (tertiary/aromatic N) is 2. The van der Waals surface area contributed by atoms with Crippen LogP contribution in [-0.4, -0.2) is 22.9 Å². The molecule has 1 aliphatic heterocycles. The Hall–Kier alpha value is -1.32. The highest BCUT2D eigenvalue weighted by Crippen LogP contribution is 2.35. The van der Waals surface area contributed by atoms with Crippen LogP contribution in [0.4, 0.5) is 0 Å². The lowest BCUT2D eigenvalue weighted by Crippen LogP contribution is -2.58. The van der Waals surface area contributed by atoms with Crippen molar-refractivity contribution in [2.75, 3.05) is 13.1 Å². The smallest absolute Gasteiger partial charge is 0.0847 e. The first-order chi connectivity index (χ1) is 9.66. The molecule has 0 saturated carbocycles. The Bertz CT molecular complexity index is 600. The van der Waals surface area contributed by atoms with Gasteiger partial charge in [0.2, 0.25) is 0 Å². The van der Waals surface area contributed by atoms with E-state index in [0.717, 1.165) is 42.5 Å². The molecule has 1 aromatic carbocycles. The zero-order valence-electron chi connectivity index (χ0n) is 12.0. The fraction of sp³-hybridized carbons (Fsp3) is 0.438. The maximum Gasteiger partial charge on any atom is 0.0847 e. The largest absolute Gasteiger partial charge is 0.315 e. The molecule has 106 valence electrons. The molecular formula is C16H20ClN3. The van der Waals surface area contributed by atoms with Crippen molar-refractivity contribution in [3.8, 4) is 0 Å². The highest BCUT2D eigenvalue weighted by Gasteiger charge is 2.40. The van der Waals surface area contributed by atoms with Gasteiger partial charge in [-0.15, -0.1) is 0 Å².